The molecule has 0 radical (unpaired) electrons. The summed E-state index contributed by atoms with van der Waals surface area (Å²) < 4.78 is 3.77. The van der Waals surface area contributed by atoms with Crippen molar-refractivity contribution in [1.82, 2.24) is 0 Å². The summed E-state index contributed by atoms with van der Waals surface area (Å²) in [7, 11) is 0. The van der Waals surface area contributed by atoms with Gasteiger partial charge in [-0.15, -0.1) is 0 Å². The topological polar surface area (TPSA) is 43.4 Å². The number of halogens is 1. The van der Waals surface area contributed by atoms with E-state index in [1.54, 1.807) is 24.3 Å². The van der Waals surface area contributed by atoms with E-state index >= 15 is 0 Å². The maximum atomic E-state index is 12.2. The van der Waals surface area contributed by atoms with E-state index in [1.165, 1.54) is 6.92 Å². The van der Waals surface area contributed by atoms with Gasteiger partial charge < -0.3 is 4.74 Å². The van der Waals surface area contributed by atoms with Gasteiger partial charge in [-0.2, -0.15) is 0 Å². The van der Waals surface area contributed by atoms with E-state index in [0.717, 1.165) is 12.8 Å². The van der Waals surface area contributed by atoms with Crippen molar-refractivity contribution >= 4 is 27.7 Å². The molecule has 0 heterocycles. The Balaban J connectivity index is 2.73. The predicted molar refractivity (Wildman–Crippen MR) is 74.0 cm³/mol. The third kappa shape index (κ3) is 3.67. The molecule has 4 heteroatoms. The number of Topliss-reactive ketones (excluding diaryl/α,β-unsaturated/α-hetero) is 1. The Bertz CT molecular complexity index is 412. The van der Waals surface area contributed by atoms with Crippen LogP contribution in [0.15, 0.2) is 30.3 Å². The number of hydrogen-bond donors (Lipinski definition) is 0. The average Bonchev–Trinajstić information content (AvgIpc) is 2.39. The maximum Gasteiger partial charge on any atom is 0.330 e. The second-order valence-corrected chi connectivity index (χ2v) is 5.77. The van der Waals surface area contributed by atoms with Crippen molar-refractivity contribution in [3.8, 4) is 0 Å². The zero-order valence-corrected chi connectivity index (χ0v) is 12.2. The number of rotatable bonds is 6. The first-order valence-electron chi connectivity index (χ1n) is 5.96. The highest BCUT2D eigenvalue weighted by molar-refractivity contribution is 9.10. The van der Waals surface area contributed by atoms with Crippen LogP contribution < -0.4 is 0 Å². The van der Waals surface area contributed by atoms with Gasteiger partial charge in [0.1, 0.15) is 0 Å². The summed E-state index contributed by atoms with van der Waals surface area (Å²) in [6, 6.07) is 8.71. The Morgan fingerprint density at radius 3 is 2.44 bits per heavy atom. The van der Waals surface area contributed by atoms with Crippen LogP contribution in [0.25, 0.3) is 0 Å². The molecule has 1 aromatic rings. The number of benzene rings is 1. The molecule has 1 aromatic carbocycles. The van der Waals surface area contributed by atoms with Crippen molar-refractivity contribution in [2.75, 3.05) is 6.61 Å². The van der Waals surface area contributed by atoms with Crippen molar-refractivity contribution in [2.45, 2.75) is 31.0 Å². The van der Waals surface area contributed by atoms with E-state index in [1.807, 2.05) is 13.0 Å². The lowest BCUT2D eigenvalue weighted by atomic mass is 9.99. The van der Waals surface area contributed by atoms with E-state index in [0.29, 0.717) is 12.2 Å². The maximum absolute atomic E-state index is 12.2. The normalized spacial score (nSPS) is 13.7. The third-order valence-electron chi connectivity index (χ3n) is 2.58. The van der Waals surface area contributed by atoms with Crippen LogP contribution in [0, 0.1) is 0 Å². The first-order valence-corrected chi connectivity index (χ1v) is 6.75. The molecule has 0 N–H and O–H groups in total. The van der Waals surface area contributed by atoms with Crippen LogP contribution in [-0.4, -0.2) is 22.7 Å². The van der Waals surface area contributed by atoms with Gasteiger partial charge in [0.25, 0.3) is 0 Å². The molecule has 0 amide bonds. The smallest absolute Gasteiger partial charge is 0.330 e. The minimum absolute atomic E-state index is 0.287. The molecule has 98 valence electrons. The number of unbranched alkanes of at least 4 members (excludes halogenated alkanes) is 1. The Morgan fingerprint density at radius 1 is 1.28 bits per heavy atom. The molecule has 1 unspecified atom stereocenters. The number of carbonyl (C=O) groups excluding carboxylic acids is 2. The van der Waals surface area contributed by atoms with Crippen molar-refractivity contribution in [1.29, 1.82) is 0 Å². The van der Waals surface area contributed by atoms with Gasteiger partial charge >= 0.3 is 5.97 Å². The Labute approximate surface area is 116 Å². The third-order valence-corrected chi connectivity index (χ3v) is 3.26. The molecule has 0 saturated carbocycles. The lowest BCUT2D eigenvalue weighted by Gasteiger charge is -2.19. The number of alkyl halides is 1. The summed E-state index contributed by atoms with van der Waals surface area (Å²) in [5, 5.41) is 0. The van der Waals surface area contributed by atoms with Crippen LogP contribution in [0.3, 0.4) is 0 Å². The molecular formula is C14H17BrO3. The van der Waals surface area contributed by atoms with Gasteiger partial charge in [0.05, 0.1) is 6.61 Å². The molecule has 0 fully saturated rings. The van der Waals surface area contributed by atoms with Gasteiger partial charge in [-0.25, -0.2) is 0 Å². The minimum Gasteiger partial charge on any atom is -0.464 e. The standard InChI is InChI=1S/C14H17BrO3/c1-3-4-10-18-13(17)14(2,15)12(16)11-8-6-5-7-9-11/h5-9H,3-4,10H2,1-2H3. The summed E-state index contributed by atoms with van der Waals surface area (Å²) in [5.74, 6) is -0.825. The number of esters is 1. The summed E-state index contributed by atoms with van der Waals surface area (Å²) in [6.07, 6.45) is 1.74. The number of ketones is 1. The van der Waals surface area contributed by atoms with E-state index in [9.17, 15) is 9.59 Å². The molecule has 3 nitrogen and oxygen atoms in total. The molecule has 0 aliphatic rings. The minimum atomic E-state index is -1.32. The van der Waals surface area contributed by atoms with Crippen LogP contribution in [0.1, 0.15) is 37.0 Å². The van der Waals surface area contributed by atoms with E-state index < -0.39 is 10.3 Å². The fourth-order valence-electron chi connectivity index (χ4n) is 1.40. The SMILES string of the molecule is CCCCOC(=O)C(C)(Br)C(=O)c1ccccc1. The molecule has 18 heavy (non-hydrogen) atoms. The van der Waals surface area contributed by atoms with Crippen LogP contribution in [0.2, 0.25) is 0 Å². The lowest BCUT2D eigenvalue weighted by Crippen LogP contribution is -2.39. The number of ether oxygens (including phenoxy) is 1. The first-order chi connectivity index (χ1) is 8.50. The predicted octanol–water partition coefficient (Wildman–Crippen LogP) is 3.37. The van der Waals surface area contributed by atoms with Gasteiger partial charge in [-0.3, -0.25) is 9.59 Å². The van der Waals surface area contributed by atoms with Gasteiger partial charge in [0.2, 0.25) is 0 Å². The van der Waals surface area contributed by atoms with E-state index in [-0.39, 0.29) is 5.78 Å². The Morgan fingerprint density at radius 2 is 1.89 bits per heavy atom. The van der Waals surface area contributed by atoms with E-state index in [2.05, 4.69) is 15.9 Å². The lowest BCUT2D eigenvalue weighted by molar-refractivity contribution is -0.144. The van der Waals surface area contributed by atoms with Crippen LogP contribution in [0.4, 0.5) is 0 Å². The average molecular weight is 313 g/mol. The molecule has 0 aromatic heterocycles. The summed E-state index contributed by atoms with van der Waals surface area (Å²) >= 11 is 3.18. The summed E-state index contributed by atoms with van der Waals surface area (Å²) in [4.78, 5) is 24.1. The molecule has 1 rings (SSSR count). The number of hydrogen-bond acceptors (Lipinski definition) is 3. The van der Waals surface area contributed by atoms with Crippen molar-refractivity contribution < 1.29 is 14.3 Å². The monoisotopic (exact) mass is 312 g/mol. The van der Waals surface area contributed by atoms with Gasteiger partial charge in [0.15, 0.2) is 10.1 Å². The number of carbonyl (C=O) groups is 2. The highest BCUT2D eigenvalue weighted by Gasteiger charge is 2.40. The van der Waals surface area contributed by atoms with Crippen molar-refractivity contribution in [3.63, 3.8) is 0 Å². The van der Waals surface area contributed by atoms with E-state index in [4.69, 9.17) is 4.74 Å². The molecular weight excluding hydrogens is 296 g/mol. The van der Waals surface area contributed by atoms with Crippen LogP contribution in [-0.2, 0) is 9.53 Å². The fourth-order valence-corrected chi connectivity index (χ4v) is 1.74. The zero-order chi connectivity index (χ0) is 13.6. The quantitative estimate of drug-likeness (QED) is 0.266. The molecule has 0 aliphatic heterocycles. The van der Waals surface area contributed by atoms with Gasteiger partial charge in [-0.05, 0) is 13.3 Å². The van der Waals surface area contributed by atoms with Gasteiger partial charge in [-0.1, -0.05) is 59.6 Å². The second kappa shape index (κ2) is 6.69. The van der Waals surface area contributed by atoms with Crippen LogP contribution >= 0.6 is 15.9 Å². The summed E-state index contributed by atoms with van der Waals surface area (Å²) in [5.41, 5.74) is 0.490. The second-order valence-electron chi connectivity index (χ2n) is 4.19. The highest BCUT2D eigenvalue weighted by atomic mass is 79.9. The largest absolute Gasteiger partial charge is 0.464 e. The molecule has 0 spiro atoms. The fraction of sp³-hybridized carbons (Fsp3) is 0.429. The summed E-state index contributed by atoms with van der Waals surface area (Å²) in [6.45, 7) is 3.88. The zero-order valence-electron chi connectivity index (χ0n) is 10.6. The molecule has 1 atom stereocenters. The Kier molecular flexibility index (Phi) is 5.54. The molecule has 0 aliphatic carbocycles. The molecule has 0 bridgehead atoms. The Hall–Kier alpha value is -1.16. The van der Waals surface area contributed by atoms with Crippen molar-refractivity contribution in [3.05, 3.63) is 35.9 Å². The van der Waals surface area contributed by atoms with Crippen LogP contribution in [0.5, 0.6) is 0 Å². The van der Waals surface area contributed by atoms with Gasteiger partial charge in [0, 0.05) is 5.56 Å². The van der Waals surface area contributed by atoms with Crippen molar-refractivity contribution in [2.24, 2.45) is 0 Å². The molecule has 0 saturated heterocycles. The first kappa shape index (κ1) is 14.9. The highest BCUT2D eigenvalue weighted by Crippen LogP contribution is 2.25.